The zero-order chi connectivity index (χ0) is 15.2. The molecule has 6 heteroatoms. The van der Waals surface area contributed by atoms with E-state index in [-0.39, 0.29) is 18.5 Å². The molecule has 1 aliphatic heterocycles. The van der Waals surface area contributed by atoms with Gasteiger partial charge < -0.3 is 10.4 Å². The van der Waals surface area contributed by atoms with Crippen LogP contribution in [-0.4, -0.2) is 41.0 Å². The molecule has 1 aromatic heterocycles. The van der Waals surface area contributed by atoms with Crippen molar-refractivity contribution in [3.05, 3.63) is 22.4 Å². The van der Waals surface area contributed by atoms with Crippen LogP contribution in [0.15, 0.2) is 17.5 Å². The second-order valence-electron chi connectivity index (χ2n) is 5.48. The number of rotatable bonds is 5. The van der Waals surface area contributed by atoms with E-state index in [1.807, 2.05) is 24.4 Å². The van der Waals surface area contributed by atoms with E-state index in [9.17, 15) is 14.7 Å². The number of carbonyl (C=O) groups excluding carboxylic acids is 1. The molecule has 0 aliphatic carbocycles. The third-order valence-corrected chi connectivity index (χ3v) is 4.90. The van der Waals surface area contributed by atoms with Crippen molar-refractivity contribution in [1.82, 2.24) is 10.2 Å². The highest BCUT2D eigenvalue weighted by Crippen LogP contribution is 2.19. The van der Waals surface area contributed by atoms with Gasteiger partial charge in [-0.3, -0.25) is 14.5 Å². The first-order chi connectivity index (χ1) is 10.1. The maximum atomic E-state index is 12.2. The van der Waals surface area contributed by atoms with E-state index < -0.39 is 12.0 Å². The lowest BCUT2D eigenvalue weighted by atomic mass is 10.1. The molecule has 1 saturated heterocycles. The van der Waals surface area contributed by atoms with Crippen LogP contribution < -0.4 is 5.32 Å². The fourth-order valence-electron chi connectivity index (χ4n) is 2.72. The van der Waals surface area contributed by atoms with Gasteiger partial charge in [-0.05, 0) is 37.8 Å². The van der Waals surface area contributed by atoms with E-state index in [0.29, 0.717) is 13.0 Å². The van der Waals surface area contributed by atoms with Crippen LogP contribution >= 0.6 is 11.3 Å². The number of likely N-dealkylation sites (tertiary alicyclic amines) is 1. The SMILES string of the molecule is CC(NC(=O)CN1CCCCCC1C(=O)O)c1cccs1. The van der Waals surface area contributed by atoms with Gasteiger partial charge in [0.25, 0.3) is 0 Å². The van der Waals surface area contributed by atoms with Gasteiger partial charge in [0.05, 0.1) is 12.6 Å². The summed E-state index contributed by atoms with van der Waals surface area (Å²) >= 11 is 1.61. The standard InChI is InChI=1S/C15H22N2O3S/c1-11(13-7-5-9-21-13)16-14(18)10-17-8-4-2-3-6-12(17)15(19)20/h5,7,9,11-12H,2-4,6,8,10H2,1H3,(H,16,18)(H,19,20). The Labute approximate surface area is 129 Å². The Balaban J connectivity index is 1.91. The predicted octanol–water partition coefficient (Wildman–Crippen LogP) is 2.25. The highest BCUT2D eigenvalue weighted by Gasteiger charge is 2.28. The summed E-state index contributed by atoms with van der Waals surface area (Å²) in [5, 5.41) is 14.2. The molecule has 0 aromatic carbocycles. The number of thiophene rings is 1. The molecule has 1 fully saturated rings. The number of carbonyl (C=O) groups is 2. The van der Waals surface area contributed by atoms with Crippen LogP contribution in [0.25, 0.3) is 0 Å². The molecule has 0 spiro atoms. The van der Waals surface area contributed by atoms with Crippen molar-refractivity contribution in [2.75, 3.05) is 13.1 Å². The van der Waals surface area contributed by atoms with Crippen LogP contribution in [-0.2, 0) is 9.59 Å². The van der Waals surface area contributed by atoms with Crippen LogP contribution in [0.2, 0.25) is 0 Å². The molecule has 1 aliphatic rings. The van der Waals surface area contributed by atoms with Crippen molar-refractivity contribution in [1.29, 1.82) is 0 Å². The summed E-state index contributed by atoms with van der Waals surface area (Å²) in [7, 11) is 0. The molecule has 2 N–H and O–H groups in total. The Hall–Kier alpha value is -1.40. The monoisotopic (exact) mass is 310 g/mol. The molecule has 5 nitrogen and oxygen atoms in total. The molecular formula is C15H22N2O3S. The minimum Gasteiger partial charge on any atom is -0.480 e. The van der Waals surface area contributed by atoms with Crippen LogP contribution in [0.5, 0.6) is 0 Å². The Morgan fingerprint density at radius 3 is 2.95 bits per heavy atom. The van der Waals surface area contributed by atoms with Crippen molar-refractivity contribution in [2.45, 2.75) is 44.7 Å². The third-order valence-electron chi connectivity index (χ3n) is 3.84. The fourth-order valence-corrected chi connectivity index (χ4v) is 3.45. The van der Waals surface area contributed by atoms with Gasteiger partial charge in [0.15, 0.2) is 0 Å². The molecule has 0 radical (unpaired) electrons. The number of carboxylic acid groups (broad SMARTS) is 1. The van der Waals surface area contributed by atoms with E-state index in [1.54, 1.807) is 16.2 Å². The summed E-state index contributed by atoms with van der Waals surface area (Å²) in [4.78, 5) is 26.4. The molecule has 2 rings (SSSR count). The number of nitrogens with one attached hydrogen (secondary N) is 1. The highest BCUT2D eigenvalue weighted by molar-refractivity contribution is 7.10. The summed E-state index contributed by atoms with van der Waals surface area (Å²) in [5.41, 5.74) is 0. The van der Waals surface area contributed by atoms with Crippen molar-refractivity contribution in [3.8, 4) is 0 Å². The van der Waals surface area contributed by atoms with E-state index >= 15 is 0 Å². The summed E-state index contributed by atoms with van der Waals surface area (Å²) in [5.74, 6) is -0.931. The average Bonchev–Trinajstić information content (AvgIpc) is 2.86. The molecule has 1 aromatic rings. The molecular weight excluding hydrogens is 288 g/mol. The minimum absolute atomic E-state index is 0.0345. The van der Waals surface area contributed by atoms with Crippen molar-refractivity contribution >= 4 is 23.2 Å². The first-order valence-corrected chi connectivity index (χ1v) is 8.25. The normalized spacial score (nSPS) is 21.5. The summed E-state index contributed by atoms with van der Waals surface area (Å²) in [6.45, 7) is 2.78. The second-order valence-corrected chi connectivity index (χ2v) is 6.46. The van der Waals surface area contributed by atoms with Gasteiger partial charge in [-0.15, -0.1) is 11.3 Å². The molecule has 1 amide bonds. The first kappa shape index (κ1) is 16.0. The predicted molar refractivity (Wildman–Crippen MR) is 82.3 cm³/mol. The molecule has 21 heavy (non-hydrogen) atoms. The third kappa shape index (κ3) is 4.54. The van der Waals surface area contributed by atoms with Gasteiger partial charge in [-0.1, -0.05) is 18.9 Å². The Kier molecular flexibility index (Phi) is 5.76. The van der Waals surface area contributed by atoms with E-state index in [2.05, 4.69) is 5.32 Å². The summed E-state index contributed by atoms with van der Waals surface area (Å²) in [6.07, 6.45) is 3.54. The van der Waals surface area contributed by atoms with Crippen molar-refractivity contribution in [2.24, 2.45) is 0 Å². The zero-order valence-corrected chi connectivity index (χ0v) is 13.1. The molecule has 2 unspecified atom stereocenters. The zero-order valence-electron chi connectivity index (χ0n) is 12.2. The summed E-state index contributed by atoms with van der Waals surface area (Å²) in [6, 6.07) is 3.38. The molecule has 2 heterocycles. The van der Waals surface area contributed by atoms with Crippen molar-refractivity contribution in [3.63, 3.8) is 0 Å². The second kappa shape index (κ2) is 7.56. The van der Waals surface area contributed by atoms with E-state index in [4.69, 9.17) is 0 Å². The smallest absolute Gasteiger partial charge is 0.320 e. The highest BCUT2D eigenvalue weighted by atomic mass is 32.1. The van der Waals surface area contributed by atoms with E-state index in [0.717, 1.165) is 24.1 Å². The van der Waals surface area contributed by atoms with Gasteiger partial charge in [0, 0.05) is 4.88 Å². The molecule has 0 bridgehead atoms. The van der Waals surface area contributed by atoms with Gasteiger partial charge in [-0.2, -0.15) is 0 Å². The van der Waals surface area contributed by atoms with Crippen LogP contribution in [0.3, 0.4) is 0 Å². The van der Waals surface area contributed by atoms with Crippen molar-refractivity contribution < 1.29 is 14.7 Å². The number of hydrogen-bond acceptors (Lipinski definition) is 4. The topological polar surface area (TPSA) is 69.6 Å². The van der Waals surface area contributed by atoms with Gasteiger partial charge in [-0.25, -0.2) is 0 Å². The summed E-state index contributed by atoms with van der Waals surface area (Å²) < 4.78 is 0. The number of carboxylic acids is 1. The lowest BCUT2D eigenvalue weighted by Gasteiger charge is -2.26. The van der Waals surface area contributed by atoms with Crippen LogP contribution in [0.4, 0.5) is 0 Å². The molecule has 0 saturated carbocycles. The first-order valence-electron chi connectivity index (χ1n) is 7.37. The quantitative estimate of drug-likeness (QED) is 0.875. The Morgan fingerprint density at radius 1 is 1.48 bits per heavy atom. The van der Waals surface area contributed by atoms with Crippen LogP contribution in [0.1, 0.15) is 43.5 Å². The van der Waals surface area contributed by atoms with Gasteiger partial charge in [0.2, 0.25) is 5.91 Å². The maximum Gasteiger partial charge on any atom is 0.320 e. The molecule has 116 valence electrons. The van der Waals surface area contributed by atoms with E-state index in [1.165, 1.54) is 0 Å². The average molecular weight is 310 g/mol. The number of aliphatic carboxylic acids is 1. The van der Waals surface area contributed by atoms with Crippen LogP contribution in [0, 0.1) is 0 Å². The lowest BCUT2D eigenvalue weighted by molar-refractivity contribution is -0.144. The Bertz CT molecular complexity index is 475. The number of amides is 1. The van der Waals surface area contributed by atoms with Gasteiger partial charge >= 0.3 is 5.97 Å². The fraction of sp³-hybridized carbons (Fsp3) is 0.600. The Morgan fingerprint density at radius 2 is 2.29 bits per heavy atom. The molecule has 2 atom stereocenters. The number of nitrogens with zero attached hydrogens (tertiary/aromatic N) is 1. The largest absolute Gasteiger partial charge is 0.480 e. The van der Waals surface area contributed by atoms with Gasteiger partial charge in [0.1, 0.15) is 6.04 Å². The number of hydrogen-bond donors (Lipinski definition) is 2. The maximum absolute atomic E-state index is 12.2. The minimum atomic E-state index is -0.823. The lowest BCUT2D eigenvalue weighted by Crippen LogP contribution is -2.46.